The van der Waals surface area contributed by atoms with Gasteiger partial charge in [0.1, 0.15) is 11.3 Å². The molecule has 0 unspecified atom stereocenters. The molecule has 2 saturated carbocycles. The van der Waals surface area contributed by atoms with E-state index in [0.717, 1.165) is 65.9 Å². The molecule has 1 aromatic carbocycles. The van der Waals surface area contributed by atoms with Crippen LogP contribution in [0.2, 0.25) is 0 Å². The Hall–Kier alpha value is -3.35. The van der Waals surface area contributed by atoms with Crippen molar-refractivity contribution in [3.8, 4) is 16.9 Å². The van der Waals surface area contributed by atoms with Gasteiger partial charge in [-0.05, 0) is 76.5 Å². The number of carbonyl (C=O) groups excluding carboxylic acids is 2. The van der Waals surface area contributed by atoms with E-state index in [1.54, 1.807) is 6.20 Å². The van der Waals surface area contributed by atoms with Gasteiger partial charge in [0.2, 0.25) is 5.91 Å². The molecule has 2 aliphatic rings. The van der Waals surface area contributed by atoms with Gasteiger partial charge in [-0.3, -0.25) is 14.6 Å². The van der Waals surface area contributed by atoms with Crippen LogP contribution in [0.15, 0.2) is 30.5 Å². The van der Waals surface area contributed by atoms with Gasteiger partial charge in [0.05, 0.1) is 17.7 Å². The third kappa shape index (κ3) is 5.25. The minimum absolute atomic E-state index is 0.0912. The molecular formula is C29H36N4O3. The Labute approximate surface area is 212 Å². The summed E-state index contributed by atoms with van der Waals surface area (Å²) in [5.41, 5.74) is 6.10. The van der Waals surface area contributed by atoms with Crippen LogP contribution in [-0.2, 0) is 4.79 Å². The van der Waals surface area contributed by atoms with Gasteiger partial charge in [-0.25, -0.2) is 0 Å². The Balaban J connectivity index is 1.37. The molecule has 7 heteroatoms. The zero-order valence-corrected chi connectivity index (χ0v) is 21.4. The number of ether oxygens (including phenoxy) is 1. The van der Waals surface area contributed by atoms with Gasteiger partial charge < -0.3 is 20.4 Å². The highest BCUT2D eigenvalue weighted by molar-refractivity contribution is 6.09. The molecule has 0 aliphatic heterocycles. The molecule has 2 amide bonds. The summed E-state index contributed by atoms with van der Waals surface area (Å²) in [6.45, 7) is 6.61. The van der Waals surface area contributed by atoms with Gasteiger partial charge in [-0.15, -0.1) is 0 Å². The van der Waals surface area contributed by atoms with Gasteiger partial charge in [-0.2, -0.15) is 0 Å². The van der Waals surface area contributed by atoms with Crippen molar-refractivity contribution >= 4 is 22.8 Å². The largest absolute Gasteiger partial charge is 0.493 e. The van der Waals surface area contributed by atoms with Crippen molar-refractivity contribution in [2.24, 2.45) is 5.92 Å². The van der Waals surface area contributed by atoms with Gasteiger partial charge in [0, 0.05) is 41.5 Å². The zero-order chi connectivity index (χ0) is 25.2. The van der Waals surface area contributed by atoms with Crippen LogP contribution in [0.1, 0.15) is 73.5 Å². The number of hydrogen-bond acceptors (Lipinski definition) is 4. The van der Waals surface area contributed by atoms with Crippen molar-refractivity contribution in [1.82, 2.24) is 20.6 Å². The molecule has 5 rings (SSSR count). The lowest BCUT2D eigenvalue weighted by molar-refractivity contribution is -0.121. The van der Waals surface area contributed by atoms with E-state index in [4.69, 9.17) is 4.74 Å². The monoisotopic (exact) mass is 488 g/mol. The maximum absolute atomic E-state index is 13.4. The number of nitrogens with zero attached hydrogens (tertiary/aromatic N) is 1. The Morgan fingerprint density at radius 1 is 1.00 bits per heavy atom. The number of pyridine rings is 1. The number of amides is 2. The number of nitrogens with one attached hydrogen (secondary N) is 3. The molecule has 0 radical (unpaired) electrons. The lowest BCUT2D eigenvalue weighted by Crippen LogP contribution is -2.43. The van der Waals surface area contributed by atoms with Crippen LogP contribution < -0.4 is 15.4 Å². The summed E-state index contributed by atoms with van der Waals surface area (Å²) < 4.78 is 6.20. The summed E-state index contributed by atoms with van der Waals surface area (Å²) in [7, 11) is 0. The van der Waals surface area contributed by atoms with Crippen LogP contribution in [0.4, 0.5) is 0 Å². The Morgan fingerprint density at radius 3 is 2.42 bits per heavy atom. The maximum Gasteiger partial charge on any atom is 0.255 e. The molecule has 7 nitrogen and oxygen atoms in total. The summed E-state index contributed by atoms with van der Waals surface area (Å²) in [5, 5.41) is 6.30. The number of fused-ring (bicyclic) bond motifs is 1. The van der Waals surface area contributed by atoms with Crippen molar-refractivity contribution in [2.75, 3.05) is 6.61 Å². The van der Waals surface area contributed by atoms with E-state index < -0.39 is 0 Å². The van der Waals surface area contributed by atoms with Crippen LogP contribution in [-0.4, -0.2) is 40.5 Å². The van der Waals surface area contributed by atoms with Gasteiger partial charge in [-0.1, -0.05) is 18.6 Å². The number of aromatic amines is 1. The van der Waals surface area contributed by atoms with E-state index in [-0.39, 0.29) is 23.9 Å². The summed E-state index contributed by atoms with van der Waals surface area (Å²) >= 11 is 0. The highest BCUT2D eigenvalue weighted by atomic mass is 16.5. The molecular weight excluding hydrogens is 452 g/mol. The van der Waals surface area contributed by atoms with E-state index in [9.17, 15) is 9.59 Å². The molecule has 190 valence electrons. The maximum atomic E-state index is 13.4. The molecule has 0 spiro atoms. The molecule has 2 fully saturated rings. The van der Waals surface area contributed by atoms with Gasteiger partial charge in [0.25, 0.3) is 5.91 Å². The fraction of sp³-hybridized carbons (Fsp3) is 0.483. The molecule has 36 heavy (non-hydrogen) atoms. The second kappa shape index (κ2) is 10.3. The smallest absolute Gasteiger partial charge is 0.255 e. The molecule has 2 aromatic heterocycles. The van der Waals surface area contributed by atoms with E-state index in [0.29, 0.717) is 23.4 Å². The molecule has 0 bridgehead atoms. The number of benzene rings is 1. The first kappa shape index (κ1) is 24.3. The quantitative estimate of drug-likeness (QED) is 0.406. The van der Waals surface area contributed by atoms with E-state index in [1.165, 1.54) is 12.8 Å². The van der Waals surface area contributed by atoms with Crippen molar-refractivity contribution in [3.05, 3.63) is 47.3 Å². The molecule has 3 aromatic rings. The summed E-state index contributed by atoms with van der Waals surface area (Å²) in [6, 6.07) is 8.55. The SMILES string of the molecule is CCC(=O)N[C@H]1CC[C@H](NC(=O)c2c(C)[nH]c3c(-c4cc(C)ccc4OCC4CC4)ccnc23)CC1. The second-order valence-electron chi connectivity index (χ2n) is 10.4. The molecule has 0 saturated heterocycles. The number of hydrogen-bond donors (Lipinski definition) is 3. The standard InChI is InChI=1S/C29H36N4O3/c1-4-25(34)32-20-8-10-21(11-9-20)33-29(35)26-18(3)31-27-22(13-14-30-28(26)27)23-15-17(2)5-12-24(23)36-16-19-6-7-19/h5,12-15,19-21,31H,4,6-11,16H2,1-3H3,(H,32,34)(H,33,35)/t20-,21-. The number of aryl methyl sites for hydroxylation is 2. The van der Waals surface area contributed by atoms with E-state index >= 15 is 0 Å². The highest BCUT2D eigenvalue weighted by Crippen LogP contribution is 2.38. The number of rotatable bonds is 8. The second-order valence-corrected chi connectivity index (χ2v) is 10.4. The van der Waals surface area contributed by atoms with E-state index in [1.807, 2.05) is 26.0 Å². The Bertz CT molecular complexity index is 1270. The van der Waals surface area contributed by atoms with Crippen molar-refractivity contribution < 1.29 is 14.3 Å². The fourth-order valence-corrected chi connectivity index (χ4v) is 5.15. The van der Waals surface area contributed by atoms with Crippen LogP contribution >= 0.6 is 0 Å². The lowest BCUT2D eigenvalue weighted by atomic mass is 9.91. The topological polar surface area (TPSA) is 96.1 Å². The summed E-state index contributed by atoms with van der Waals surface area (Å²) in [5.74, 6) is 1.52. The Kier molecular flexibility index (Phi) is 6.99. The predicted molar refractivity (Wildman–Crippen MR) is 141 cm³/mol. The normalized spacial score (nSPS) is 19.8. The minimum atomic E-state index is -0.0982. The van der Waals surface area contributed by atoms with Crippen LogP contribution in [0, 0.1) is 19.8 Å². The van der Waals surface area contributed by atoms with Crippen molar-refractivity contribution in [1.29, 1.82) is 0 Å². The highest BCUT2D eigenvalue weighted by Gasteiger charge is 2.27. The summed E-state index contributed by atoms with van der Waals surface area (Å²) in [6.07, 6.45) is 8.22. The zero-order valence-electron chi connectivity index (χ0n) is 21.4. The van der Waals surface area contributed by atoms with Gasteiger partial charge in [0.15, 0.2) is 0 Å². The van der Waals surface area contributed by atoms with Crippen LogP contribution in [0.25, 0.3) is 22.2 Å². The fourth-order valence-electron chi connectivity index (χ4n) is 5.15. The number of carbonyl (C=O) groups is 2. The van der Waals surface area contributed by atoms with Crippen molar-refractivity contribution in [2.45, 2.75) is 77.8 Å². The number of H-pyrrole nitrogens is 1. The van der Waals surface area contributed by atoms with E-state index in [2.05, 4.69) is 39.7 Å². The lowest BCUT2D eigenvalue weighted by Gasteiger charge is -2.29. The Morgan fingerprint density at radius 2 is 1.72 bits per heavy atom. The first-order chi connectivity index (χ1) is 17.4. The first-order valence-corrected chi connectivity index (χ1v) is 13.2. The third-order valence-corrected chi connectivity index (χ3v) is 7.45. The van der Waals surface area contributed by atoms with Crippen LogP contribution in [0.5, 0.6) is 5.75 Å². The molecule has 2 aliphatic carbocycles. The molecule has 0 atom stereocenters. The molecule has 3 N–H and O–H groups in total. The average molecular weight is 489 g/mol. The summed E-state index contributed by atoms with van der Waals surface area (Å²) in [4.78, 5) is 33.2. The van der Waals surface area contributed by atoms with Crippen molar-refractivity contribution in [3.63, 3.8) is 0 Å². The average Bonchev–Trinajstić information content (AvgIpc) is 3.63. The van der Waals surface area contributed by atoms with Gasteiger partial charge >= 0.3 is 0 Å². The molecule has 2 heterocycles. The first-order valence-electron chi connectivity index (χ1n) is 13.2. The minimum Gasteiger partial charge on any atom is -0.493 e. The van der Waals surface area contributed by atoms with Crippen LogP contribution in [0.3, 0.4) is 0 Å². The predicted octanol–water partition coefficient (Wildman–Crippen LogP) is 5.20. The third-order valence-electron chi connectivity index (χ3n) is 7.45. The number of aromatic nitrogens is 2.